The number of aromatic nitrogens is 1. The molecule has 1 aliphatic rings. The predicted molar refractivity (Wildman–Crippen MR) is 150 cm³/mol. The van der Waals surface area contributed by atoms with Crippen LogP contribution < -0.4 is 24.4 Å². The summed E-state index contributed by atoms with van der Waals surface area (Å²) in [5, 5.41) is 0. The van der Waals surface area contributed by atoms with E-state index in [2.05, 4.69) is 25.7 Å². The number of hydrogen-bond donors (Lipinski definition) is 0. The first-order chi connectivity index (χ1) is 18.8. The fourth-order valence-electron chi connectivity index (χ4n) is 4.23. The topological polar surface area (TPSA) is 105 Å². The number of carbonyl (C=O) groups is 2. The van der Waals surface area contributed by atoms with Crippen molar-refractivity contribution in [2.45, 2.75) is 26.3 Å². The van der Waals surface area contributed by atoms with Crippen molar-refractivity contribution < 1.29 is 28.5 Å². The number of halogens is 1. The van der Waals surface area contributed by atoms with Crippen molar-refractivity contribution in [2.75, 3.05) is 27.4 Å². The Morgan fingerprint density at radius 3 is 2.49 bits per heavy atom. The molecule has 0 saturated carbocycles. The lowest BCUT2D eigenvalue weighted by atomic mass is 9.95. The second-order valence-electron chi connectivity index (χ2n) is 8.33. The van der Waals surface area contributed by atoms with Crippen LogP contribution in [0, 0.1) is 0 Å². The summed E-state index contributed by atoms with van der Waals surface area (Å²) in [4.78, 5) is 43.5. The van der Waals surface area contributed by atoms with Crippen molar-refractivity contribution in [1.29, 1.82) is 0 Å². The van der Waals surface area contributed by atoms with Crippen molar-refractivity contribution in [3.8, 4) is 11.5 Å². The van der Waals surface area contributed by atoms with Gasteiger partial charge in [0.1, 0.15) is 0 Å². The number of rotatable bonds is 9. The van der Waals surface area contributed by atoms with E-state index in [1.54, 1.807) is 22.8 Å². The third-order valence-electron chi connectivity index (χ3n) is 5.96. The van der Waals surface area contributed by atoms with E-state index in [0.717, 1.165) is 5.56 Å². The van der Waals surface area contributed by atoms with Crippen LogP contribution in [0.25, 0.3) is 6.08 Å². The molecule has 0 radical (unpaired) electrons. The molecule has 39 heavy (non-hydrogen) atoms. The number of methoxy groups -OCH3 is 2. The third-order valence-corrected chi connectivity index (χ3v) is 7.53. The molecule has 0 saturated heterocycles. The van der Waals surface area contributed by atoms with Crippen molar-refractivity contribution in [1.82, 2.24) is 4.57 Å². The van der Waals surface area contributed by atoms with Gasteiger partial charge < -0.3 is 18.9 Å². The van der Waals surface area contributed by atoms with Gasteiger partial charge in [0.05, 0.1) is 47.1 Å². The van der Waals surface area contributed by atoms with Crippen LogP contribution in [0.4, 0.5) is 0 Å². The highest BCUT2D eigenvalue weighted by molar-refractivity contribution is 9.10. The smallest absolute Gasteiger partial charge is 0.343 e. The highest BCUT2D eigenvalue weighted by atomic mass is 79.9. The summed E-state index contributed by atoms with van der Waals surface area (Å²) in [7, 11) is 2.60. The fraction of sp³-hybridized carbons (Fsp3) is 0.286. The molecule has 2 aromatic carbocycles. The van der Waals surface area contributed by atoms with Crippen LogP contribution >= 0.6 is 27.3 Å². The van der Waals surface area contributed by atoms with Gasteiger partial charge in [-0.25, -0.2) is 14.6 Å². The van der Waals surface area contributed by atoms with Crippen molar-refractivity contribution in [2.24, 2.45) is 4.99 Å². The number of hydrogen-bond acceptors (Lipinski definition) is 9. The first-order valence-electron chi connectivity index (χ1n) is 12.2. The van der Waals surface area contributed by atoms with E-state index < -0.39 is 18.0 Å². The minimum Gasteiger partial charge on any atom is -0.490 e. The van der Waals surface area contributed by atoms with Crippen LogP contribution in [0.1, 0.15) is 37.4 Å². The number of esters is 2. The third kappa shape index (κ3) is 5.84. The standard InChI is InChI=1S/C28H27BrN2O7S/c1-5-19-23(27(34)36-4)24(17-10-8-7-9-11-17)31-26(33)21(39-28(31)30-19)14-16-12-18(29)25(20(13-16)37-6-2)38-15-22(32)35-3/h7-14,24H,5-6,15H2,1-4H3/b21-14-/t24-/m0/s1. The van der Waals surface area contributed by atoms with Gasteiger partial charge in [-0.15, -0.1) is 0 Å². The van der Waals surface area contributed by atoms with E-state index in [-0.39, 0.29) is 12.2 Å². The van der Waals surface area contributed by atoms with E-state index in [0.29, 0.717) is 55.2 Å². The normalized spacial score (nSPS) is 14.9. The van der Waals surface area contributed by atoms with Gasteiger partial charge in [-0.05, 0) is 58.6 Å². The van der Waals surface area contributed by atoms with E-state index >= 15 is 0 Å². The maximum absolute atomic E-state index is 13.8. The summed E-state index contributed by atoms with van der Waals surface area (Å²) in [6, 6.07) is 12.2. The van der Waals surface area contributed by atoms with Crippen LogP contribution in [0.2, 0.25) is 0 Å². The van der Waals surface area contributed by atoms with Crippen molar-refractivity contribution >= 4 is 45.3 Å². The van der Waals surface area contributed by atoms with Crippen LogP contribution in [0.3, 0.4) is 0 Å². The van der Waals surface area contributed by atoms with Crippen LogP contribution in [-0.4, -0.2) is 43.9 Å². The second-order valence-corrected chi connectivity index (χ2v) is 10.2. The number of thiazole rings is 1. The molecule has 9 nitrogen and oxygen atoms in total. The molecule has 1 aliphatic heterocycles. The van der Waals surface area contributed by atoms with Crippen LogP contribution in [0.5, 0.6) is 11.5 Å². The van der Waals surface area contributed by atoms with Gasteiger partial charge in [0.2, 0.25) is 0 Å². The Morgan fingerprint density at radius 1 is 1.10 bits per heavy atom. The first-order valence-corrected chi connectivity index (χ1v) is 13.8. The zero-order valence-corrected chi connectivity index (χ0v) is 24.3. The molecule has 0 unspecified atom stereocenters. The molecule has 0 aliphatic carbocycles. The number of benzene rings is 2. The molecule has 1 aromatic heterocycles. The van der Waals surface area contributed by atoms with Gasteiger partial charge in [0, 0.05) is 0 Å². The van der Waals surface area contributed by atoms with E-state index in [1.165, 1.54) is 25.6 Å². The summed E-state index contributed by atoms with van der Waals surface area (Å²) < 4.78 is 23.6. The molecule has 204 valence electrons. The summed E-state index contributed by atoms with van der Waals surface area (Å²) in [6.45, 7) is 3.82. The molecule has 2 heterocycles. The van der Waals surface area contributed by atoms with Gasteiger partial charge in [0.25, 0.3) is 5.56 Å². The molecule has 3 aromatic rings. The Kier molecular flexibility index (Phi) is 9.03. The quantitative estimate of drug-likeness (QED) is 0.340. The maximum atomic E-state index is 13.8. The van der Waals surface area contributed by atoms with Gasteiger partial charge in [-0.3, -0.25) is 9.36 Å². The van der Waals surface area contributed by atoms with E-state index in [1.807, 2.05) is 44.2 Å². The average Bonchev–Trinajstić information content (AvgIpc) is 3.25. The highest BCUT2D eigenvalue weighted by Crippen LogP contribution is 2.37. The van der Waals surface area contributed by atoms with Gasteiger partial charge >= 0.3 is 11.9 Å². The Morgan fingerprint density at radius 2 is 1.85 bits per heavy atom. The largest absolute Gasteiger partial charge is 0.490 e. The van der Waals surface area contributed by atoms with Gasteiger partial charge in [-0.2, -0.15) is 0 Å². The molecule has 0 amide bonds. The number of fused-ring (bicyclic) bond motifs is 1. The summed E-state index contributed by atoms with van der Waals surface area (Å²) in [5.74, 6) is -0.301. The molecular formula is C28H27BrN2O7S. The summed E-state index contributed by atoms with van der Waals surface area (Å²) in [5.41, 5.74) is 2.08. The zero-order chi connectivity index (χ0) is 28.1. The minimum absolute atomic E-state index is 0.283. The van der Waals surface area contributed by atoms with E-state index in [9.17, 15) is 14.4 Å². The molecule has 0 N–H and O–H groups in total. The molecule has 0 bridgehead atoms. The van der Waals surface area contributed by atoms with Gasteiger partial charge in [0.15, 0.2) is 22.9 Å². The number of nitrogens with zero attached hydrogens (tertiary/aromatic N) is 2. The number of carbonyl (C=O) groups excluding carboxylic acids is 2. The molecule has 11 heteroatoms. The number of allylic oxidation sites excluding steroid dienone is 1. The van der Waals surface area contributed by atoms with Gasteiger partial charge in [-0.1, -0.05) is 48.6 Å². The SMILES string of the molecule is CCOc1cc(/C=c2\sc3n(c2=O)[C@@H](c2ccccc2)C(C(=O)OC)=C(CC)N=3)cc(Br)c1OCC(=O)OC. The Bertz CT molecular complexity index is 1610. The molecule has 4 rings (SSSR count). The first kappa shape index (κ1) is 28.3. The number of ether oxygens (including phenoxy) is 4. The maximum Gasteiger partial charge on any atom is 0.343 e. The zero-order valence-electron chi connectivity index (χ0n) is 21.9. The minimum atomic E-state index is -0.674. The Balaban J connectivity index is 1.88. The lowest BCUT2D eigenvalue weighted by Crippen LogP contribution is -2.40. The highest BCUT2D eigenvalue weighted by Gasteiger charge is 2.33. The van der Waals surface area contributed by atoms with Crippen molar-refractivity contribution in [3.05, 3.63) is 89.0 Å². The lowest BCUT2D eigenvalue weighted by molar-refractivity contribution is -0.143. The molecule has 1 atom stereocenters. The predicted octanol–water partition coefficient (Wildman–Crippen LogP) is 3.51. The molecule has 0 spiro atoms. The second kappa shape index (κ2) is 12.4. The summed E-state index contributed by atoms with van der Waals surface area (Å²) >= 11 is 4.72. The molecule has 0 fully saturated rings. The van der Waals surface area contributed by atoms with Crippen LogP contribution in [0.15, 0.2) is 68.0 Å². The van der Waals surface area contributed by atoms with E-state index in [4.69, 9.17) is 14.2 Å². The average molecular weight is 616 g/mol. The van der Waals surface area contributed by atoms with Crippen molar-refractivity contribution in [3.63, 3.8) is 0 Å². The Labute approximate surface area is 237 Å². The molecular weight excluding hydrogens is 588 g/mol. The summed E-state index contributed by atoms with van der Waals surface area (Å²) in [6.07, 6.45) is 2.23. The van der Waals surface area contributed by atoms with Crippen LogP contribution in [-0.2, 0) is 19.1 Å². The monoisotopic (exact) mass is 614 g/mol. The Hall–Kier alpha value is -3.70. The lowest BCUT2D eigenvalue weighted by Gasteiger charge is -2.25. The fourth-order valence-corrected chi connectivity index (χ4v) is 5.82.